The van der Waals surface area contributed by atoms with Crippen LogP contribution in [0.15, 0.2) is 35.3 Å². The Bertz CT molecular complexity index is 663. The lowest BCUT2D eigenvalue weighted by atomic mass is 9.74. The Kier molecular flexibility index (Phi) is 9.68. The summed E-state index contributed by atoms with van der Waals surface area (Å²) in [6.45, 7) is 6.25. The molecule has 1 aromatic rings. The molecule has 0 radical (unpaired) electrons. The maximum atomic E-state index is 12.2. The van der Waals surface area contributed by atoms with Gasteiger partial charge in [-0.25, -0.2) is 0 Å². The molecule has 2 aliphatic rings. The second kappa shape index (κ2) is 11.7. The van der Waals surface area contributed by atoms with Crippen molar-refractivity contribution in [1.29, 1.82) is 0 Å². The number of nitrogens with zero attached hydrogens (tertiary/aromatic N) is 2. The molecule has 2 heterocycles. The number of likely N-dealkylation sites (tertiary alicyclic amines) is 1. The van der Waals surface area contributed by atoms with Crippen LogP contribution in [0.25, 0.3) is 0 Å². The van der Waals surface area contributed by atoms with Gasteiger partial charge in [-0.2, -0.15) is 0 Å². The maximum Gasteiger partial charge on any atom is 0.310 e. The van der Waals surface area contributed by atoms with Crippen LogP contribution in [-0.4, -0.2) is 63.3 Å². The SMILES string of the molecule is CCOC(=O)C1CCCN(C(=NC)NCC2(c3ccccc3)CCOCC2)C1.I. The van der Waals surface area contributed by atoms with E-state index >= 15 is 0 Å². The Balaban J connectivity index is 0.00000300. The number of guanidine groups is 1. The van der Waals surface area contributed by atoms with Crippen LogP contribution < -0.4 is 5.32 Å². The molecule has 3 rings (SSSR count). The summed E-state index contributed by atoms with van der Waals surface area (Å²) >= 11 is 0. The molecule has 162 valence electrons. The van der Waals surface area contributed by atoms with Crippen LogP contribution in [-0.2, 0) is 19.7 Å². The van der Waals surface area contributed by atoms with Gasteiger partial charge in [0.25, 0.3) is 0 Å². The normalized spacial score (nSPS) is 21.8. The number of hydrogen-bond acceptors (Lipinski definition) is 4. The van der Waals surface area contributed by atoms with Gasteiger partial charge in [0.2, 0.25) is 0 Å². The average molecular weight is 515 g/mol. The van der Waals surface area contributed by atoms with E-state index in [0.29, 0.717) is 13.2 Å². The number of benzene rings is 1. The number of hydrogen-bond donors (Lipinski definition) is 1. The van der Waals surface area contributed by atoms with E-state index in [0.717, 1.165) is 57.9 Å². The van der Waals surface area contributed by atoms with Crippen molar-refractivity contribution in [2.45, 2.75) is 38.0 Å². The summed E-state index contributed by atoms with van der Waals surface area (Å²) in [5, 5.41) is 3.61. The number of nitrogens with one attached hydrogen (secondary N) is 1. The molecule has 2 aliphatic heterocycles. The summed E-state index contributed by atoms with van der Waals surface area (Å²) in [5.41, 5.74) is 1.40. The van der Waals surface area contributed by atoms with Gasteiger partial charge in [0, 0.05) is 45.3 Å². The smallest absolute Gasteiger partial charge is 0.310 e. The van der Waals surface area contributed by atoms with Crippen molar-refractivity contribution in [1.82, 2.24) is 10.2 Å². The second-order valence-electron chi connectivity index (χ2n) is 7.70. The van der Waals surface area contributed by atoms with Gasteiger partial charge in [0.05, 0.1) is 12.5 Å². The molecular formula is C22H34IN3O3. The number of carbonyl (C=O) groups excluding carboxylic acids is 1. The van der Waals surface area contributed by atoms with Crippen LogP contribution in [0.3, 0.4) is 0 Å². The third kappa shape index (κ3) is 6.07. The first-order valence-corrected chi connectivity index (χ1v) is 10.4. The van der Waals surface area contributed by atoms with Crippen LogP contribution in [0, 0.1) is 5.92 Å². The van der Waals surface area contributed by atoms with Crippen molar-refractivity contribution in [3.8, 4) is 0 Å². The molecule has 6 nitrogen and oxygen atoms in total. The minimum absolute atomic E-state index is 0. The van der Waals surface area contributed by atoms with Gasteiger partial charge in [-0.1, -0.05) is 30.3 Å². The number of esters is 1. The highest BCUT2D eigenvalue weighted by Gasteiger charge is 2.35. The molecule has 1 unspecified atom stereocenters. The molecule has 1 N–H and O–H groups in total. The lowest BCUT2D eigenvalue weighted by molar-refractivity contribution is -0.149. The molecule has 0 bridgehead atoms. The zero-order valence-electron chi connectivity index (χ0n) is 17.6. The summed E-state index contributed by atoms with van der Waals surface area (Å²) in [6.07, 6.45) is 3.85. The first-order chi connectivity index (χ1) is 13.7. The van der Waals surface area contributed by atoms with Crippen molar-refractivity contribution >= 4 is 35.9 Å². The Morgan fingerprint density at radius 2 is 2.03 bits per heavy atom. The van der Waals surface area contributed by atoms with Crippen molar-refractivity contribution in [3.05, 3.63) is 35.9 Å². The zero-order chi connectivity index (χ0) is 19.8. The van der Waals surface area contributed by atoms with E-state index in [-0.39, 0.29) is 41.3 Å². The quantitative estimate of drug-likeness (QED) is 0.283. The summed E-state index contributed by atoms with van der Waals surface area (Å²) in [6, 6.07) is 10.7. The highest BCUT2D eigenvalue weighted by molar-refractivity contribution is 14.0. The molecule has 2 fully saturated rings. The Morgan fingerprint density at radius 1 is 1.31 bits per heavy atom. The van der Waals surface area contributed by atoms with E-state index < -0.39 is 0 Å². The number of aliphatic imine (C=N–C) groups is 1. The highest BCUT2D eigenvalue weighted by Crippen LogP contribution is 2.34. The third-order valence-corrected chi connectivity index (χ3v) is 5.97. The topological polar surface area (TPSA) is 63.2 Å². The number of halogens is 1. The molecule has 0 saturated carbocycles. The predicted octanol–water partition coefficient (Wildman–Crippen LogP) is 3.20. The van der Waals surface area contributed by atoms with Gasteiger partial charge in [-0.05, 0) is 38.2 Å². The highest BCUT2D eigenvalue weighted by atomic mass is 127. The average Bonchev–Trinajstić information content (AvgIpc) is 2.76. The monoisotopic (exact) mass is 515 g/mol. The molecule has 0 aromatic heterocycles. The van der Waals surface area contributed by atoms with Crippen LogP contribution in [0.4, 0.5) is 0 Å². The van der Waals surface area contributed by atoms with Gasteiger partial charge in [0.1, 0.15) is 0 Å². The molecule has 0 aliphatic carbocycles. The fourth-order valence-electron chi connectivity index (χ4n) is 4.32. The van der Waals surface area contributed by atoms with Gasteiger partial charge < -0.3 is 19.7 Å². The molecule has 0 amide bonds. The van der Waals surface area contributed by atoms with Crippen molar-refractivity contribution in [2.24, 2.45) is 10.9 Å². The first-order valence-electron chi connectivity index (χ1n) is 10.4. The van der Waals surface area contributed by atoms with E-state index in [1.165, 1.54) is 5.56 Å². The first kappa shape index (κ1) is 23.9. The molecule has 7 heteroatoms. The lowest BCUT2D eigenvalue weighted by Gasteiger charge is -2.40. The summed E-state index contributed by atoms with van der Waals surface area (Å²) in [5.74, 6) is 0.710. The zero-order valence-corrected chi connectivity index (χ0v) is 19.9. The standard InChI is InChI=1S/C22H33N3O3.HI/c1-3-28-20(26)18-8-7-13-25(16-18)21(23-2)24-17-22(11-14-27-15-12-22)19-9-5-4-6-10-19;/h4-6,9-10,18H,3,7-8,11-17H2,1-2H3,(H,23,24);1H. The fraction of sp³-hybridized carbons (Fsp3) is 0.636. The van der Waals surface area contributed by atoms with Crippen molar-refractivity contribution in [3.63, 3.8) is 0 Å². The molecule has 1 aromatic carbocycles. The maximum absolute atomic E-state index is 12.2. The van der Waals surface area contributed by atoms with Gasteiger partial charge in [0.15, 0.2) is 5.96 Å². The molecule has 1 atom stereocenters. The van der Waals surface area contributed by atoms with E-state index in [4.69, 9.17) is 9.47 Å². The number of ether oxygens (including phenoxy) is 2. The van der Waals surface area contributed by atoms with Gasteiger partial charge >= 0.3 is 5.97 Å². The fourth-order valence-corrected chi connectivity index (χ4v) is 4.32. The van der Waals surface area contributed by atoms with E-state index in [1.807, 2.05) is 14.0 Å². The Hall–Kier alpha value is -1.35. The minimum Gasteiger partial charge on any atom is -0.466 e. The van der Waals surface area contributed by atoms with E-state index in [2.05, 4.69) is 45.5 Å². The summed E-state index contributed by atoms with van der Waals surface area (Å²) < 4.78 is 10.9. The van der Waals surface area contributed by atoms with Crippen LogP contribution >= 0.6 is 24.0 Å². The van der Waals surface area contributed by atoms with Gasteiger partial charge in [-0.15, -0.1) is 24.0 Å². The third-order valence-electron chi connectivity index (χ3n) is 5.97. The number of rotatable bonds is 5. The largest absolute Gasteiger partial charge is 0.466 e. The molecule has 29 heavy (non-hydrogen) atoms. The van der Waals surface area contributed by atoms with E-state index in [1.54, 1.807) is 0 Å². The van der Waals surface area contributed by atoms with E-state index in [9.17, 15) is 4.79 Å². The second-order valence-corrected chi connectivity index (χ2v) is 7.70. The molecule has 2 saturated heterocycles. The van der Waals surface area contributed by atoms with Crippen LogP contribution in [0.1, 0.15) is 38.2 Å². The lowest BCUT2D eigenvalue weighted by Crippen LogP contribution is -2.52. The predicted molar refractivity (Wildman–Crippen MR) is 126 cm³/mol. The van der Waals surface area contributed by atoms with Crippen LogP contribution in [0.5, 0.6) is 0 Å². The van der Waals surface area contributed by atoms with Crippen molar-refractivity contribution in [2.75, 3.05) is 46.5 Å². The van der Waals surface area contributed by atoms with Crippen LogP contribution in [0.2, 0.25) is 0 Å². The van der Waals surface area contributed by atoms with Crippen molar-refractivity contribution < 1.29 is 14.3 Å². The summed E-state index contributed by atoms with van der Waals surface area (Å²) in [7, 11) is 1.81. The molecule has 0 spiro atoms. The van der Waals surface area contributed by atoms with Gasteiger partial charge in [-0.3, -0.25) is 9.79 Å². The molecular weight excluding hydrogens is 481 g/mol. The summed E-state index contributed by atoms with van der Waals surface area (Å²) in [4.78, 5) is 18.9. The Labute approximate surface area is 191 Å². The number of carbonyl (C=O) groups is 1. The Morgan fingerprint density at radius 3 is 2.69 bits per heavy atom. The number of piperidine rings is 1. The minimum atomic E-state index is -0.0900.